The van der Waals surface area contributed by atoms with E-state index in [0.717, 1.165) is 33.8 Å². The van der Waals surface area contributed by atoms with E-state index in [1.54, 1.807) is 40.8 Å². The van der Waals surface area contributed by atoms with Crippen LogP contribution in [0, 0.1) is 6.92 Å². The molecule has 3 aromatic carbocycles. The molecule has 1 aliphatic rings. The van der Waals surface area contributed by atoms with E-state index in [4.69, 9.17) is 31.2 Å². The van der Waals surface area contributed by atoms with Gasteiger partial charge in [0.15, 0.2) is 11.5 Å². The first kappa shape index (κ1) is 23.2. The van der Waals surface area contributed by atoms with Gasteiger partial charge in [0.2, 0.25) is 11.8 Å². The summed E-state index contributed by atoms with van der Waals surface area (Å²) in [4.78, 5) is 9.48. The van der Waals surface area contributed by atoms with E-state index in [1.165, 1.54) is 0 Å². The lowest BCUT2D eigenvalue weighted by Gasteiger charge is -2.26. The van der Waals surface area contributed by atoms with Crippen molar-refractivity contribution < 1.29 is 14.6 Å². The molecule has 1 N–H and O–H groups in total. The lowest BCUT2D eigenvalue weighted by molar-refractivity contribution is 0.402. The normalized spacial score (nSPS) is 14.1. The van der Waals surface area contributed by atoms with Crippen molar-refractivity contribution in [2.45, 2.75) is 12.8 Å². The maximum Gasteiger partial charge on any atom is 0.230 e. The Morgan fingerprint density at radius 3 is 2.46 bits per heavy atom. The topological polar surface area (TPSA) is 99.6 Å². The molecule has 9 nitrogen and oxygen atoms in total. The number of hydrogen-bond acceptors (Lipinski definition) is 7. The largest absolute Gasteiger partial charge is 0.507 e. The molecule has 0 radical (unpaired) electrons. The minimum Gasteiger partial charge on any atom is -0.507 e. The third-order valence-corrected chi connectivity index (χ3v) is 7.14. The van der Waals surface area contributed by atoms with E-state index in [9.17, 15) is 5.11 Å². The highest BCUT2D eigenvalue weighted by atomic mass is 35.5. The fourth-order valence-electron chi connectivity index (χ4n) is 5.04. The SMILES string of the molecule is COc1ccc(C2c3c(C)nn(-c4ccc(Cl)cc4)c3Oc3ncn4nc(-c5ccccc5O)nc4c32)cc1. The van der Waals surface area contributed by atoms with Crippen molar-refractivity contribution in [1.29, 1.82) is 0 Å². The van der Waals surface area contributed by atoms with Crippen molar-refractivity contribution in [1.82, 2.24) is 29.4 Å². The quantitative estimate of drug-likeness (QED) is 0.297. The number of rotatable bonds is 4. The Labute approximate surface area is 227 Å². The van der Waals surface area contributed by atoms with Crippen LogP contribution in [0.1, 0.15) is 28.3 Å². The fourth-order valence-corrected chi connectivity index (χ4v) is 5.17. The number of aryl methyl sites for hydroxylation is 1. The number of fused-ring (bicyclic) bond motifs is 4. The number of aromatic nitrogens is 6. The number of methoxy groups -OCH3 is 1. The summed E-state index contributed by atoms with van der Waals surface area (Å²) in [5.74, 6) is 1.90. The molecule has 39 heavy (non-hydrogen) atoms. The molecular weight excluding hydrogens is 516 g/mol. The second-order valence-electron chi connectivity index (χ2n) is 9.18. The smallest absolute Gasteiger partial charge is 0.230 e. The zero-order valence-electron chi connectivity index (χ0n) is 20.9. The van der Waals surface area contributed by atoms with Crippen LogP contribution >= 0.6 is 11.6 Å². The molecule has 0 saturated heterocycles. The summed E-state index contributed by atoms with van der Waals surface area (Å²) in [6.45, 7) is 1.96. The number of ether oxygens (including phenoxy) is 2. The van der Waals surface area contributed by atoms with Crippen molar-refractivity contribution in [3.05, 3.63) is 107 Å². The lowest BCUT2D eigenvalue weighted by atomic mass is 9.84. The van der Waals surface area contributed by atoms with Crippen LogP contribution in [0.3, 0.4) is 0 Å². The molecule has 0 aliphatic carbocycles. The van der Waals surface area contributed by atoms with Gasteiger partial charge in [0.05, 0.1) is 41.1 Å². The minimum atomic E-state index is -0.312. The predicted molar refractivity (Wildman–Crippen MR) is 145 cm³/mol. The van der Waals surface area contributed by atoms with Crippen molar-refractivity contribution in [2.24, 2.45) is 0 Å². The van der Waals surface area contributed by atoms with Crippen molar-refractivity contribution in [3.8, 4) is 40.3 Å². The van der Waals surface area contributed by atoms with Crippen molar-refractivity contribution >= 4 is 17.2 Å². The molecule has 0 amide bonds. The Kier molecular flexibility index (Phi) is 5.27. The third-order valence-electron chi connectivity index (χ3n) is 6.89. The van der Waals surface area contributed by atoms with Gasteiger partial charge in [-0.1, -0.05) is 35.9 Å². The number of phenolic OH excluding ortho intramolecular Hbond substituents is 1. The average molecular weight is 537 g/mol. The molecule has 1 atom stereocenters. The van der Waals surface area contributed by atoms with Crippen molar-refractivity contribution in [3.63, 3.8) is 0 Å². The Bertz CT molecular complexity index is 1860. The number of aromatic hydroxyl groups is 1. The van der Waals surface area contributed by atoms with E-state index in [-0.39, 0.29) is 11.7 Å². The maximum absolute atomic E-state index is 10.4. The molecule has 10 heteroatoms. The summed E-state index contributed by atoms with van der Waals surface area (Å²) in [5, 5.41) is 20.5. The Morgan fingerprint density at radius 1 is 0.949 bits per heavy atom. The first-order valence-corrected chi connectivity index (χ1v) is 12.6. The van der Waals surface area contributed by atoms with E-state index in [0.29, 0.717) is 33.8 Å². The molecule has 6 aromatic rings. The van der Waals surface area contributed by atoms with Crippen molar-refractivity contribution in [2.75, 3.05) is 7.11 Å². The molecule has 1 aliphatic heterocycles. The molecule has 1 unspecified atom stereocenters. The molecule has 0 saturated carbocycles. The maximum atomic E-state index is 10.4. The van der Waals surface area contributed by atoms with Gasteiger partial charge in [-0.05, 0) is 61.0 Å². The Morgan fingerprint density at radius 2 is 1.72 bits per heavy atom. The number of phenols is 1. The van der Waals surface area contributed by atoms with Crippen LogP contribution in [0.2, 0.25) is 5.02 Å². The first-order chi connectivity index (χ1) is 19.0. The van der Waals surface area contributed by atoms with Gasteiger partial charge in [0, 0.05) is 5.02 Å². The summed E-state index contributed by atoms with van der Waals surface area (Å²) in [6.07, 6.45) is 1.57. The van der Waals surface area contributed by atoms with Crippen LogP contribution in [-0.4, -0.2) is 41.6 Å². The number of para-hydroxylation sites is 1. The number of hydrogen-bond donors (Lipinski definition) is 1. The highest BCUT2D eigenvalue weighted by Crippen LogP contribution is 2.50. The van der Waals surface area contributed by atoms with Crippen LogP contribution in [0.5, 0.6) is 23.3 Å². The standard InChI is InChI=1S/C29H21ClN6O3/c1-16-23-24(17-7-13-20(38-2)14-8-17)25-27-32-26(21-5-3-4-6-22(21)37)34-35(27)15-31-28(25)39-29(23)36(33-16)19-11-9-18(30)10-12-19/h3-15,24,37H,1-2H3. The number of benzene rings is 3. The second-order valence-corrected chi connectivity index (χ2v) is 9.62. The van der Waals surface area contributed by atoms with Gasteiger partial charge >= 0.3 is 0 Å². The van der Waals surface area contributed by atoms with Crippen LogP contribution in [0.25, 0.3) is 22.7 Å². The molecule has 0 fully saturated rings. The molecule has 192 valence electrons. The summed E-state index contributed by atoms with van der Waals surface area (Å²) in [5.41, 5.74) is 5.35. The van der Waals surface area contributed by atoms with Gasteiger partial charge in [0.25, 0.3) is 0 Å². The summed E-state index contributed by atoms with van der Waals surface area (Å²) >= 11 is 6.14. The Balaban J connectivity index is 1.48. The molecular formula is C29H21ClN6O3. The highest BCUT2D eigenvalue weighted by Gasteiger charge is 2.38. The first-order valence-electron chi connectivity index (χ1n) is 12.2. The molecule has 3 aromatic heterocycles. The van der Waals surface area contributed by atoms with Gasteiger partial charge in [-0.15, -0.1) is 5.10 Å². The fraction of sp³-hybridized carbons (Fsp3) is 0.103. The van der Waals surface area contributed by atoms with E-state index < -0.39 is 0 Å². The van der Waals surface area contributed by atoms with E-state index >= 15 is 0 Å². The van der Waals surface area contributed by atoms with Crippen LogP contribution in [0.4, 0.5) is 0 Å². The monoisotopic (exact) mass is 536 g/mol. The van der Waals surface area contributed by atoms with E-state index in [1.807, 2.05) is 61.5 Å². The number of halogens is 1. The van der Waals surface area contributed by atoms with Crippen LogP contribution in [-0.2, 0) is 0 Å². The van der Waals surface area contributed by atoms with Gasteiger partial charge in [-0.2, -0.15) is 5.10 Å². The van der Waals surface area contributed by atoms with Gasteiger partial charge < -0.3 is 14.6 Å². The minimum absolute atomic E-state index is 0.0977. The van der Waals surface area contributed by atoms with Gasteiger partial charge in [0.1, 0.15) is 17.8 Å². The summed E-state index contributed by atoms with van der Waals surface area (Å²) in [7, 11) is 1.64. The molecule has 0 spiro atoms. The summed E-state index contributed by atoms with van der Waals surface area (Å²) < 4.78 is 15.3. The van der Waals surface area contributed by atoms with Gasteiger partial charge in [-0.25, -0.2) is 19.2 Å². The third kappa shape index (κ3) is 3.70. The van der Waals surface area contributed by atoms with Crippen LogP contribution < -0.4 is 9.47 Å². The average Bonchev–Trinajstić information content (AvgIpc) is 3.54. The molecule has 4 heterocycles. The lowest BCUT2D eigenvalue weighted by Crippen LogP contribution is -2.16. The van der Waals surface area contributed by atoms with E-state index in [2.05, 4.69) is 10.1 Å². The van der Waals surface area contributed by atoms with Crippen LogP contribution in [0.15, 0.2) is 79.1 Å². The zero-order chi connectivity index (χ0) is 26.7. The Hall–Kier alpha value is -4.89. The highest BCUT2D eigenvalue weighted by molar-refractivity contribution is 6.30. The summed E-state index contributed by atoms with van der Waals surface area (Å²) in [6, 6.07) is 22.3. The predicted octanol–water partition coefficient (Wildman–Crippen LogP) is 5.94. The zero-order valence-corrected chi connectivity index (χ0v) is 21.7. The van der Waals surface area contributed by atoms with Gasteiger partial charge in [-0.3, -0.25) is 0 Å². The molecule has 0 bridgehead atoms. The molecule has 7 rings (SSSR count). The number of nitrogens with zero attached hydrogens (tertiary/aromatic N) is 6. The second kappa shape index (κ2) is 8.85.